The van der Waals surface area contributed by atoms with Crippen LogP contribution in [-0.4, -0.2) is 64.7 Å². The molecule has 3 amide bonds. The molecule has 0 saturated carbocycles. The lowest BCUT2D eigenvalue weighted by Gasteiger charge is -2.23. The van der Waals surface area contributed by atoms with Crippen molar-refractivity contribution < 1.29 is 29.4 Å². The van der Waals surface area contributed by atoms with Crippen LogP contribution in [0.3, 0.4) is 0 Å². The molecular weight excluding hydrogens is 282 g/mol. The SMILES string of the molecule is O=C(O)CCC[C@@H](NC(=O)N1CCNC(=O)CC1)C(=O)O. The van der Waals surface area contributed by atoms with E-state index in [-0.39, 0.29) is 38.1 Å². The van der Waals surface area contributed by atoms with Gasteiger partial charge in [0.1, 0.15) is 6.04 Å². The average molecular weight is 301 g/mol. The predicted molar refractivity (Wildman–Crippen MR) is 70.6 cm³/mol. The highest BCUT2D eigenvalue weighted by Gasteiger charge is 2.24. The number of carbonyl (C=O) groups excluding carboxylic acids is 2. The van der Waals surface area contributed by atoms with Crippen LogP contribution in [0.2, 0.25) is 0 Å². The van der Waals surface area contributed by atoms with E-state index in [1.165, 1.54) is 4.90 Å². The highest BCUT2D eigenvalue weighted by atomic mass is 16.4. The van der Waals surface area contributed by atoms with Gasteiger partial charge in [0, 0.05) is 32.5 Å². The lowest BCUT2D eigenvalue weighted by Crippen LogP contribution is -2.48. The molecule has 0 radical (unpaired) electrons. The number of aliphatic carboxylic acids is 2. The summed E-state index contributed by atoms with van der Waals surface area (Å²) in [6.45, 7) is 0.848. The Morgan fingerprint density at radius 3 is 2.62 bits per heavy atom. The van der Waals surface area contributed by atoms with Crippen molar-refractivity contribution in [3.05, 3.63) is 0 Å². The van der Waals surface area contributed by atoms with Crippen molar-refractivity contribution in [2.24, 2.45) is 0 Å². The molecule has 1 fully saturated rings. The van der Waals surface area contributed by atoms with Gasteiger partial charge in [-0.3, -0.25) is 9.59 Å². The topological polar surface area (TPSA) is 136 Å². The van der Waals surface area contributed by atoms with Crippen LogP contribution in [-0.2, 0) is 14.4 Å². The van der Waals surface area contributed by atoms with Gasteiger partial charge in [0.2, 0.25) is 5.91 Å². The number of carboxylic acid groups (broad SMARTS) is 2. The summed E-state index contributed by atoms with van der Waals surface area (Å²) in [5.41, 5.74) is 0. The zero-order valence-corrected chi connectivity index (χ0v) is 11.5. The van der Waals surface area contributed by atoms with Crippen LogP contribution in [0.5, 0.6) is 0 Å². The molecule has 0 aromatic heterocycles. The summed E-state index contributed by atoms with van der Waals surface area (Å²) in [5.74, 6) is -2.37. The van der Waals surface area contributed by atoms with Crippen molar-refractivity contribution in [1.29, 1.82) is 0 Å². The zero-order chi connectivity index (χ0) is 15.8. The Balaban J connectivity index is 2.49. The predicted octanol–water partition coefficient (Wildman–Crippen LogP) is -0.774. The lowest BCUT2D eigenvalue weighted by molar-refractivity contribution is -0.140. The van der Waals surface area contributed by atoms with Crippen LogP contribution in [0, 0.1) is 0 Å². The number of urea groups is 1. The molecule has 9 nitrogen and oxygen atoms in total. The maximum Gasteiger partial charge on any atom is 0.326 e. The molecular formula is C12H19N3O6. The lowest BCUT2D eigenvalue weighted by atomic mass is 10.1. The quantitative estimate of drug-likeness (QED) is 0.508. The third-order valence-corrected chi connectivity index (χ3v) is 3.08. The van der Waals surface area contributed by atoms with Crippen molar-refractivity contribution >= 4 is 23.9 Å². The maximum absolute atomic E-state index is 12.0. The van der Waals surface area contributed by atoms with E-state index < -0.39 is 24.0 Å². The molecule has 118 valence electrons. The molecule has 0 spiro atoms. The van der Waals surface area contributed by atoms with Crippen LogP contribution >= 0.6 is 0 Å². The number of amides is 3. The first-order chi connectivity index (χ1) is 9.90. The fourth-order valence-corrected chi connectivity index (χ4v) is 1.93. The molecule has 0 aromatic rings. The van der Waals surface area contributed by atoms with Gasteiger partial charge in [-0.2, -0.15) is 0 Å². The fourth-order valence-electron chi connectivity index (χ4n) is 1.93. The van der Waals surface area contributed by atoms with E-state index in [2.05, 4.69) is 10.6 Å². The average Bonchev–Trinajstić information content (AvgIpc) is 2.61. The van der Waals surface area contributed by atoms with E-state index in [0.717, 1.165) is 0 Å². The molecule has 9 heteroatoms. The number of nitrogens with one attached hydrogen (secondary N) is 2. The highest BCUT2D eigenvalue weighted by molar-refractivity contribution is 5.83. The molecule has 0 aliphatic carbocycles. The third-order valence-electron chi connectivity index (χ3n) is 3.08. The number of nitrogens with zero attached hydrogens (tertiary/aromatic N) is 1. The Morgan fingerprint density at radius 1 is 1.29 bits per heavy atom. The van der Waals surface area contributed by atoms with E-state index in [1.807, 2.05) is 0 Å². The van der Waals surface area contributed by atoms with Crippen molar-refractivity contribution in [3.8, 4) is 0 Å². The minimum atomic E-state index is -1.21. The van der Waals surface area contributed by atoms with Gasteiger partial charge < -0.3 is 25.7 Å². The monoisotopic (exact) mass is 301 g/mol. The second kappa shape index (κ2) is 8.08. The highest BCUT2D eigenvalue weighted by Crippen LogP contribution is 2.04. The van der Waals surface area contributed by atoms with Crippen LogP contribution < -0.4 is 10.6 Å². The van der Waals surface area contributed by atoms with E-state index in [1.54, 1.807) is 0 Å². The number of rotatable bonds is 6. The van der Waals surface area contributed by atoms with Gasteiger partial charge in [-0.05, 0) is 12.8 Å². The Hall–Kier alpha value is -2.32. The van der Waals surface area contributed by atoms with E-state index in [0.29, 0.717) is 13.1 Å². The van der Waals surface area contributed by atoms with Gasteiger partial charge in [0.15, 0.2) is 0 Å². The minimum absolute atomic E-state index is 0.0401. The van der Waals surface area contributed by atoms with Gasteiger partial charge in [-0.25, -0.2) is 9.59 Å². The van der Waals surface area contributed by atoms with Crippen molar-refractivity contribution in [2.45, 2.75) is 31.7 Å². The molecule has 1 saturated heterocycles. The Morgan fingerprint density at radius 2 is 2.00 bits per heavy atom. The summed E-state index contributed by atoms with van der Waals surface area (Å²) in [7, 11) is 0. The first-order valence-corrected chi connectivity index (χ1v) is 6.67. The molecule has 1 aliphatic rings. The van der Waals surface area contributed by atoms with Crippen LogP contribution in [0.4, 0.5) is 4.79 Å². The second-order valence-electron chi connectivity index (χ2n) is 4.71. The second-order valence-corrected chi connectivity index (χ2v) is 4.71. The summed E-state index contributed by atoms with van der Waals surface area (Å²) in [5, 5.41) is 22.5. The first-order valence-electron chi connectivity index (χ1n) is 6.67. The maximum atomic E-state index is 12.0. The standard InChI is InChI=1S/C12H19N3O6/c16-9-4-6-15(7-5-13-9)12(21)14-8(11(19)20)2-1-3-10(17)18/h8H,1-7H2,(H,13,16)(H,14,21)(H,17,18)(H,19,20)/t8-/m1/s1. The van der Waals surface area contributed by atoms with Gasteiger partial charge in [0.05, 0.1) is 0 Å². The molecule has 0 bridgehead atoms. The summed E-state index contributed by atoms with van der Waals surface area (Å²) in [6.07, 6.45) is 0.219. The Labute approximate surface area is 121 Å². The van der Waals surface area contributed by atoms with Crippen molar-refractivity contribution in [2.75, 3.05) is 19.6 Å². The van der Waals surface area contributed by atoms with E-state index in [4.69, 9.17) is 10.2 Å². The molecule has 1 heterocycles. The summed E-state index contributed by atoms with van der Waals surface area (Å²) >= 11 is 0. The first kappa shape index (κ1) is 16.7. The molecule has 0 unspecified atom stereocenters. The van der Waals surface area contributed by atoms with Gasteiger partial charge in [-0.15, -0.1) is 0 Å². The van der Waals surface area contributed by atoms with Crippen molar-refractivity contribution in [1.82, 2.24) is 15.5 Å². The largest absolute Gasteiger partial charge is 0.481 e. The molecule has 21 heavy (non-hydrogen) atoms. The van der Waals surface area contributed by atoms with Gasteiger partial charge in [-0.1, -0.05) is 0 Å². The fraction of sp³-hybridized carbons (Fsp3) is 0.667. The van der Waals surface area contributed by atoms with E-state index in [9.17, 15) is 19.2 Å². The molecule has 0 aromatic carbocycles. The number of carbonyl (C=O) groups is 4. The third kappa shape index (κ3) is 6.11. The normalized spacial score (nSPS) is 16.6. The minimum Gasteiger partial charge on any atom is -0.481 e. The van der Waals surface area contributed by atoms with Gasteiger partial charge >= 0.3 is 18.0 Å². The van der Waals surface area contributed by atoms with Gasteiger partial charge in [0.25, 0.3) is 0 Å². The van der Waals surface area contributed by atoms with Crippen molar-refractivity contribution in [3.63, 3.8) is 0 Å². The molecule has 4 N–H and O–H groups in total. The number of hydrogen-bond donors (Lipinski definition) is 4. The molecule has 1 aliphatic heterocycles. The Kier molecular flexibility index (Phi) is 6.44. The zero-order valence-electron chi connectivity index (χ0n) is 11.5. The van der Waals surface area contributed by atoms with Crippen LogP contribution in [0.1, 0.15) is 25.7 Å². The smallest absolute Gasteiger partial charge is 0.326 e. The van der Waals surface area contributed by atoms with E-state index >= 15 is 0 Å². The summed E-state index contributed by atoms with van der Waals surface area (Å²) in [4.78, 5) is 46.0. The summed E-state index contributed by atoms with van der Waals surface area (Å²) < 4.78 is 0. The van der Waals surface area contributed by atoms with Crippen LogP contribution in [0.15, 0.2) is 0 Å². The molecule has 1 atom stereocenters. The number of carboxylic acids is 2. The number of hydrogen-bond acceptors (Lipinski definition) is 4. The Bertz CT molecular complexity index is 425. The molecule has 1 rings (SSSR count). The summed E-state index contributed by atoms with van der Waals surface area (Å²) in [6, 6.07) is -1.70. The van der Waals surface area contributed by atoms with Crippen LogP contribution in [0.25, 0.3) is 0 Å².